The van der Waals surface area contributed by atoms with Crippen LogP contribution in [0.5, 0.6) is 0 Å². The van der Waals surface area contributed by atoms with E-state index in [4.69, 9.17) is 4.74 Å². The van der Waals surface area contributed by atoms with Crippen LogP contribution in [0.25, 0.3) is 0 Å². The summed E-state index contributed by atoms with van der Waals surface area (Å²) in [7, 11) is 0. The third-order valence-electron chi connectivity index (χ3n) is 1.36. The van der Waals surface area contributed by atoms with Gasteiger partial charge < -0.3 is 4.74 Å². The lowest BCUT2D eigenvalue weighted by Gasteiger charge is -2.19. The molecular formula is C11H14NO2. The molecule has 0 saturated carbocycles. The second kappa shape index (κ2) is 4.13. The zero-order valence-corrected chi connectivity index (χ0v) is 8.63. The highest BCUT2D eigenvalue weighted by molar-refractivity contribution is 5.84. The summed E-state index contributed by atoms with van der Waals surface area (Å²) in [6.45, 7) is 5.47. The van der Waals surface area contributed by atoms with Crippen LogP contribution in [0.15, 0.2) is 24.3 Å². The van der Waals surface area contributed by atoms with Crippen molar-refractivity contribution in [3.05, 3.63) is 30.3 Å². The van der Waals surface area contributed by atoms with Crippen molar-refractivity contribution in [2.75, 3.05) is 5.32 Å². The van der Waals surface area contributed by atoms with Gasteiger partial charge in [0.25, 0.3) is 0 Å². The smallest absolute Gasteiger partial charge is 0.412 e. The molecule has 1 rings (SSSR count). The molecule has 1 radical (unpaired) electrons. The van der Waals surface area contributed by atoms with E-state index in [1.165, 1.54) is 0 Å². The van der Waals surface area contributed by atoms with Gasteiger partial charge in [-0.2, -0.15) is 0 Å². The number of hydrogen-bond donors (Lipinski definition) is 1. The first-order chi connectivity index (χ1) is 6.47. The quantitative estimate of drug-likeness (QED) is 0.743. The predicted octanol–water partition coefficient (Wildman–Crippen LogP) is 2.83. The van der Waals surface area contributed by atoms with Crippen molar-refractivity contribution >= 4 is 11.8 Å². The van der Waals surface area contributed by atoms with Gasteiger partial charge >= 0.3 is 6.09 Å². The average molecular weight is 192 g/mol. The molecule has 1 amide bonds. The van der Waals surface area contributed by atoms with Crippen LogP contribution in [0.3, 0.4) is 0 Å². The van der Waals surface area contributed by atoms with Crippen LogP contribution in [0.2, 0.25) is 0 Å². The lowest BCUT2D eigenvalue weighted by atomic mass is 10.2. The Hall–Kier alpha value is -1.51. The van der Waals surface area contributed by atoms with Gasteiger partial charge in [0.2, 0.25) is 0 Å². The number of carbonyl (C=O) groups excluding carboxylic acids is 1. The Morgan fingerprint density at radius 1 is 1.36 bits per heavy atom. The SMILES string of the molecule is CC(C)(C)OC(=O)Nc1cc[c]cc1. The largest absolute Gasteiger partial charge is 0.444 e. The Bertz CT molecular complexity index is 301. The molecule has 0 atom stereocenters. The monoisotopic (exact) mass is 192 g/mol. The van der Waals surface area contributed by atoms with Gasteiger partial charge in [-0.3, -0.25) is 5.32 Å². The molecule has 0 heterocycles. The van der Waals surface area contributed by atoms with Crippen molar-refractivity contribution in [2.24, 2.45) is 0 Å². The first kappa shape index (κ1) is 10.6. The van der Waals surface area contributed by atoms with Crippen LogP contribution >= 0.6 is 0 Å². The van der Waals surface area contributed by atoms with Gasteiger partial charge in [-0.15, -0.1) is 0 Å². The summed E-state index contributed by atoms with van der Waals surface area (Å²) in [5.41, 5.74) is 0.239. The minimum atomic E-state index is -0.467. The highest BCUT2D eigenvalue weighted by atomic mass is 16.6. The second-order valence-electron chi connectivity index (χ2n) is 3.92. The lowest BCUT2D eigenvalue weighted by molar-refractivity contribution is 0.0636. The van der Waals surface area contributed by atoms with Crippen LogP contribution in [0, 0.1) is 6.07 Å². The van der Waals surface area contributed by atoms with Crippen LogP contribution in [-0.4, -0.2) is 11.7 Å². The molecule has 0 saturated heterocycles. The standard InChI is InChI=1S/C11H14NO2/c1-11(2,3)14-10(13)12-9-7-5-4-6-8-9/h5-8H,1-3H3,(H,12,13). The third-order valence-corrected chi connectivity index (χ3v) is 1.36. The molecule has 1 aromatic rings. The number of nitrogens with one attached hydrogen (secondary N) is 1. The van der Waals surface area contributed by atoms with Crippen LogP contribution in [0.1, 0.15) is 20.8 Å². The Labute approximate surface area is 84.1 Å². The summed E-state index contributed by atoms with van der Waals surface area (Å²) in [6, 6.07) is 9.83. The molecule has 0 fully saturated rings. The van der Waals surface area contributed by atoms with E-state index in [0.29, 0.717) is 5.69 Å². The van der Waals surface area contributed by atoms with E-state index in [-0.39, 0.29) is 0 Å². The molecule has 0 aromatic heterocycles. The van der Waals surface area contributed by atoms with E-state index < -0.39 is 11.7 Å². The van der Waals surface area contributed by atoms with Gasteiger partial charge in [-0.1, -0.05) is 12.1 Å². The molecule has 0 bridgehead atoms. The fourth-order valence-corrected chi connectivity index (χ4v) is 0.892. The topological polar surface area (TPSA) is 38.3 Å². The Morgan fingerprint density at radius 2 is 1.93 bits per heavy atom. The van der Waals surface area contributed by atoms with Gasteiger partial charge in [0.1, 0.15) is 5.60 Å². The Morgan fingerprint density at radius 3 is 2.43 bits per heavy atom. The number of amides is 1. The zero-order chi connectivity index (χ0) is 10.6. The fraction of sp³-hybridized carbons (Fsp3) is 0.364. The maximum atomic E-state index is 11.3. The molecule has 0 unspecified atom stereocenters. The predicted molar refractivity (Wildman–Crippen MR) is 55.1 cm³/mol. The van der Waals surface area contributed by atoms with Crippen LogP contribution in [0.4, 0.5) is 10.5 Å². The molecule has 75 valence electrons. The van der Waals surface area contributed by atoms with Gasteiger partial charge in [-0.25, -0.2) is 4.79 Å². The molecule has 3 nitrogen and oxygen atoms in total. The zero-order valence-electron chi connectivity index (χ0n) is 8.63. The van der Waals surface area contributed by atoms with Gasteiger partial charge in [0.05, 0.1) is 0 Å². The molecule has 3 heteroatoms. The maximum Gasteiger partial charge on any atom is 0.412 e. The minimum absolute atomic E-state index is 0.441. The summed E-state index contributed by atoms with van der Waals surface area (Å²) >= 11 is 0. The van der Waals surface area contributed by atoms with E-state index >= 15 is 0 Å². The van der Waals surface area contributed by atoms with E-state index in [1.807, 2.05) is 20.8 Å². The summed E-state index contributed by atoms with van der Waals surface area (Å²) in [5, 5.41) is 2.62. The summed E-state index contributed by atoms with van der Waals surface area (Å²) < 4.78 is 5.08. The van der Waals surface area contributed by atoms with E-state index in [9.17, 15) is 4.79 Å². The average Bonchev–Trinajstić information content (AvgIpc) is 2.02. The first-order valence-corrected chi connectivity index (χ1v) is 4.43. The molecule has 0 spiro atoms. The summed E-state index contributed by atoms with van der Waals surface area (Å²) in [5.74, 6) is 0. The summed E-state index contributed by atoms with van der Waals surface area (Å²) in [4.78, 5) is 11.3. The number of ether oxygens (including phenoxy) is 1. The molecular weight excluding hydrogens is 178 g/mol. The van der Waals surface area contributed by atoms with Gasteiger partial charge in [-0.05, 0) is 39.0 Å². The van der Waals surface area contributed by atoms with E-state index in [0.717, 1.165) is 0 Å². The van der Waals surface area contributed by atoms with Crippen molar-refractivity contribution in [1.82, 2.24) is 0 Å². The third kappa shape index (κ3) is 3.94. The van der Waals surface area contributed by atoms with E-state index in [2.05, 4.69) is 11.4 Å². The molecule has 0 aliphatic carbocycles. The van der Waals surface area contributed by atoms with Gasteiger partial charge in [0, 0.05) is 5.69 Å². The Kier molecular flexibility index (Phi) is 3.12. The maximum absolute atomic E-state index is 11.3. The Balaban J connectivity index is 2.50. The van der Waals surface area contributed by atoms with Crippen molar-refractivity contribution < 1.29 is 9.53 Å². The van der Waals surface area contributed by atoms with Crippen LogP contribution < -0.4 is 5.32 Å². The number of anilines is 1. The normalized spacial score (nSPS) is 10.8. The first-order valence-electron chi connectivity index (χ1n) is 4.43. The fourth-order valence-electron chi connectivity index (χ4n) is 0.892. The highest BCUT2D eigenvalue weighted by Gasteiger charge is 2.15. The summed E-state index contributed by atoms with van der Waals surface area (Å²) in [6.07, 6.45) is -0.441. The van der Waals surface area contributed by atoms with Crippen LogP contribution in [-0.2, 0) is 4.74 Å². The van der Waals surface area contributed by atoms with Crippen molar-refractivity contribution in [2.45, 2.75) is 26.4 Å². The van der Waals surface area contributed by atoms with E-state index in [1.54, 1.807) is 24.3 Å². The molecule has 1 N–H and O–H groups in total. The number of benzene rings is 1. The molecule has 0 aliphatic heterocycles. The number of hydrogen-bond acceptors (Lipinski definition) is 2. The van der Waals surface area contributed by atoms with Crippen molar-refractivity contribution in [1.29, 1.82) is 0 Å². The molecule has 14 heavy (non-hydrogen) atoms. The number of rotatable bonds is 1. The highest BCUT2D eigenvalue weighted by Crippen LogP contribution is 2.10. The second-order valence-corrected chi connectivity index (χ2v) is 3.92. The lowest BCUT2D eigenvalue weighted by Crippen LogP contribution is -2.27. The number of carbonyl (C=O) groups is 1. The van der Waals surface area contributed by atoms with Crippen molar-refractivity contribution in [3.63, 3.8) is 0 Å². The van der Waals surface area contributed by atoms with Crippen molar-refractivity contribution in [3.8, 4) is 0 Å². The van der Waals surface area contributed by atoms with Gasteiger partial charge in [0.15, 0.2) is 0 Å². The molecule has 1 aromatic carbocycles. The minimum Gasteiger partial charge on any atom is -0.444 e. The molecule has 0 aliphatic rings.